The third-order valence-corrected chi connectivity index (χ3v) is 12.9. The Morgan fingerprint density at radius 2 is 1.39 bits per heavy atom. The summed E-state index contributed by atoms with van der Waals surface area (Å²) in [6.45, 7) is 2.77. The SMILES string of the molecule is CCCCC/C=C\C/C=C\C/C=C\CCCCCCC(=O)O[C@@H]1COC(=O)CCC/C=C/C[C@@H]2[C@@H](O)[C@H](O)[C@@H](O)[C@H](OP(=O)(O)OC1)[C@H](O)[C@H](O)[C@@H](/C=C/[C@@H](O)CCCCC)[C@H](O)C[C@@H]2O. The molecule has 13 atom stereocenters. The van der Waals surface area contributed by atoms with Crippen molar-refractivity contribution in [2.24, 2.45) is 11.8 Å². The summed E-state index contributed by atoms with van der Waals surface area (Å²) in [5.41, 5.74) is 0. The molecular weight excluding hydrogens is 875 g/mol. The van der Waals surface area contributed by atoms with Crippen LogP contribution in [0.25, 0.3) is 0 Å². The normalized spacial score (nSPS) is 32.6. The van der Waals surface area contributed by atoms with Gasteiger partial charge in [-0.15, -0.1) is 0 Å². The second-order valence-corrected chi connectivity index (χ2v) is 19.0. The average molecular weight is 959 g/mol. The summed E-state index contributed by atoms with van der Waals surface area (Å²) in [6, 6.07) is 0. The number of allylic oxidation sites excluding steroid dienone is 8. The fourth-order valence-electron chi connectivity index (χ4n) is 7.82. The number of carbonyl (C=O) groups is 2. The van der Waals surface area contributed by atoms with E-state index in [-0.39, 0.29) is 19.3 Å². The lowest BCUT2D eigenvalue weighted by Crippen LogP contribution is -2.55. The van der Waals surface area contributed by atoms with Crippen LogP contribution in [0.5, 0.6) is 0 Å². The molecule has 66 heavy (non-hydrogen) atoms. The van der Waals surface area contributed by atoms with Gasteiger partial charge in [0.2, 0.25) is 0 Å². The van der Waals surface area contributed by atoms with Gasteiger partial charge in [0, 0.05) is 31.1 Å². The lowest BCUT2D eigenvalue weighted by atomic mass is 9.83. The van der Waals surface area contributed by atoms with E-state index in [4.69, 9.17) is 18.5 Å². The molecule has 1 saturated carbocycles. The highest BCUT2D eigenvalue weighted by Gasteiger charge is 2.49. The Morgan fingerprint density at radius 3 is 2.08 bits per heavy atom. The Balaban J connectivity index is 2.17. The minimum atomic E-state index is -5.45. The molecule has 2 bridgehead atoms. The summed E-state index contributed by atoms with van der Waals surface area (Å²) in [6.07, 6.45) is 13.0. The predicted molar refractivity (Wildman–Crippen MR) is 251 cm³/mol. The van der Waals surface area contributed by atoms with E-state index in [2.05, 4.69) is 43.4 Å². The monoisotopic (exact) mass is 959 g/mol. The molecule has 0 aromatic rings. The zero-order valence-corrected chi connectivity index (χ0v) is 40.2. The Morgan fingerprint density at radius 1 is 0.773 bits per heavy atom. The Kier molecular flexibility index (Phi) is 31.3. The molecule has 1 heterocycles. The maximum absolute atomic E-state index is 13.5. The first kappa shape index (κ1) is 59.6. The highest BCUT2D eigenvalue weighted by molar-refractivity contribution is 7.47. The molecule has 0 amide bonds. The van der Waals surface area contributed by atoms with Gasteiger partial charge in [0.1, 0.15) is 31.0 Å². The van der Waals surface area contributed by atoms with Crippen LogP contribution in [-0.4, -0.2) is 132 Å². The number of hydrogen-bond acceptors (Lipinski definition) is 15. The fraction of sp³-hybridized carbons (Fsp3) is 0.755. The van der Waals surface area contributed by atoms with Gasteiger partial charge in [-0.1, -0.05) is 120 Å². The van der Waals surface area contributed by atoms with Crippen molar-refractivity contribution in [1.82, 2.24) is 0 Å². The van der Waals surface area contributed by atoms with E-state index in [0.717, 1.165) is 57.8 Å². The van der Waals surface area contributed by atoms with E-state index < -0.39 is 112 Å². The van der Waals surface area contributed by atoms with Crippen LogP contribution in [0.2, 0.25) is 0 Å². The number of fused-ring (bicyclic) bond motifs is 4. The molecule has 0 spiro atoms. The van der Waals surface area contributed by atoms with Crippen molar-refractivity contribution in [1.29, 1.82) is 0 Å². The van der Waals surface area contributed by atoms with Crippen molar-refractivity contribution in [2.75, 3.05) is 13.2 Å². The van der Waals surface area contributed by atoms with Gasteiger partial charge in [0.25, 0.3) is 0 Å². The Hall–Kier alpha value is -2.57. The van der Waals surface area contributed by atoms with Crippen LogP contribution in [0.1, 0.15) is 149 Å². The molecule has 0 aromatic heterocycles. The van der Waals surface area contributed by atoms with Crippen LogP contribution in [0, 0.1) is 11.8 Å². The molecule has 16 nitrogen and oxygen atoms in total. The van der Waals surface area contributed by atoms with Crippen LogP contribution >= 0.6 is 7.82 Å². The first-order valence-electron chi connectivity index (χ1n) is 24.3. The van der Waals surface area contributed by atoms with Gasteiger partial charge in [-0.05, 0) is 70.6 Å². The summed E-state index contributed by atoms with van der Waals surface area (Å²) in [5.74, 6) is -4.07. The van der Waals surface area contributed by atoms with Gasteiger partial charge >= 0.3 is 19.8 Å². The van der Waals surface area contributed by atoms with Crippen molar-refractivity contribution < 1.29 is 78.4 Å². The lowest BCUT2D eigenvalue weighted by molar-refractivity contribution is -0.167. The van der Waals surface area contributed by atoms with Crippen LogP contribution < -0.4 is 0 Å². The van der Waals surface area contributed by atoms with Gasteiger partial charge in [-0.25, -0.2) is 4.57 Å². The van der Waals surface area contributed by atoms with E-state index in [0.29, 0.717) is 32.1 Å². The first-order valence-corrected chi connectivity index (χ1v) is 25.8. The minimum absolute atomic E-state index is 0.00321. The van der Waals surface area contributed by atoms with Gasteiger partial charge in [0.15, 0.2) is 6.10 Å². The molecule has 9 N–H and O–H groups in total. The van der Waals surface area contributed by atoms with Crippen molar-refractivity contribution >= 4 is 19.8 Å². The number of hydrogen-bond donors (Lipinski definition) is 9. The third-order valence-electron chi connectivity index (χ3n) is 11.9. The summed E-state index contributed by atoms with van der Waals surface area (Å²) in [4.78, 5) is 36.5. The largest absolute Gasteiger partial charge is 0.472 e. The molecule has 1 aliphatic carbocycles. The van der Waals surface area contributed by atoms with E-state index in [1.165, 1.54) is 31.4 Å². The highest BCUT2D eigenvalue weighted by Crippen LogP contribution is 2.47. The van der Waals surface area contributed by atoms with Crippen molar-refractivity contribution in [2.45, 2.75) is 210 Å². The zero-order chi connectivity index (χ0) is 48.7. The average Bonchev–Trinajstić information content (AvgIpc) is 3.28. The third kappa shape index (κ3) is 24.6. The van der Waals surface area contributed by atoms with Crippen molar-refractivity contribution in [3.8, 4) is 0 Å². The Labute approximate surface area is 392 Å². The second-order valence-electron chi connectivity index (χ2n) is 17.6. The zero-order valence-electron chi connectivity index (χ0n) is 39.3. The van der Waals surface area contributed by atoms with Crippen LogP contribution in [-0.2, 0) is 32.7 Å². The number of esters is 2. The van der Waals surface area contributed by atoms with Gasteiger partial charge in [-0.3, -0.25) is 18.6 Å². The molecule has 1 unspecified atom stereocenters. The molecule has 0 aromatic carbocycles. The molecule has 1 fully saturated rings. The smallest absolute Gasteiger partial charge is 0.462 e. The molecule has 0 saturated heterocycles. The molecule has 380 valence electrons. The second kappa shape index (κ2) is 34.7. The number of phosphoric ester groups is 1. The van der Waals surface area contributed by atoms with Crippen molar-refractivity contribution in [3.63, 3.8) is 0 Å². The number of cyclic esters (lactones) is 1. The number of rotatable bonds is 22. The van der Waals surface area contributed by atoms with Gasteiger partial charge < -0.3 is 55.2 Å². The van der Waals surface area contributed by atoms with Crippen LogP contribution in [0.3, 0.4) is 0 Å². The highest BCUT2D eigenvalue weighted by atomic mass is 31.2. The fourth-order valence-corrected chi connectivity index (χ4v) is 8.79. The summed E-state index contributed by atoms with van der Waals surface area (Å²) in [7, 11) is -5.45. The maximum atomic E-state index is 13.5. The summed E-state index contributed by atoms with van der Waals surface area (Å²) < 4.78 is 34.7. The van der Waals surface area contributed by atoms with E-state index >= 15 is 0 Å². The number of unbranched alkanes of at least 4 members (excludes halogenated alkanes) is 9. The molecule has 0 radical (unpaired) electrons. The predicted octanol–water partition coefficient (Wildman–Crippen LogP) is 6.10. The van der Waals surface area contributed by atoms with E-state index in [9.17, 15) is 59.9 Å². The molecule has 1 aliphatic heterocycles. The lowest BCUT2D eigenvalue weighted by Gasteiger charge is -2.37. The molecule has 2 aliphatic rings. The number of aliphatic hydroxyl groups is 8. The van der Waals surface area contributed by atoms with E-state index in [1.54, 1.807) is 12.2 Å². The number of aliphatic hydroxyl groups excluding tert-OH is 8. The summed E-state index contributed by atoms with van der Waals surface area (Å²) in [5, 5.41) is 90.1. The maximum Gasteiger partial charge on any atom is 0.472 e. The molecular formula is C49H83O16P. The van der Waals surface area contributed by atoms with Crippen LogP contribution in [0.15, 0.2) is 60.8 Å². The van der Waals surface area contributed by atoms with E-state index in [1.807, 2.05) is 6.92 Å². The Bertz CT molecular complexity index is 1520. The van der Waals surface area contributed by atoms with Gasteiger partial charge in [-0.2, -0.15) is 0 Å². The summed E-state index contributed by atoms with van der Waals surface area (Å²) >= 11 is 0. The molecule has 2 rings (SSSR count). The van der Waals surface area contributed by atoms with Gasteiger partial charge in [0.05, 0.1) is 37.1 Å². The van der Waals surface area contributed by atoms with Crippen molar-refractivity contribution in [3.05, 3.63) is 60.8 Å². The molecule has 17 heteroatoms. The minimum Gasteiger partial charge on any atom is -0.462 e. The first-order chi connectivity index (χ1) is 31.6. The number of ether oxygens (including phenoxy) is 2. The number of phosphoric acid groups is 1. The number of carbonyl (C=O) groups excluding carboxylic acids is 2. The van der Waals surface area contributed by atoms with Crippen LogP contribution in [0.4, 0.5) is 0 Å². The topological polar surface area (TPSA) is 270 Å². The quantitative estimate of drug-likeness (QED) is 0.0257. The standard InChI is InChI=1S/C49H83O16P/c1-3-5-7-8-9-10-11-12-13-14-15-16-17-18-19-20-26-30-43(54)64-37-34-62-42(53)29-25-22-21-24-28-38-40(51)33-41(52)39(32-31-36(50)27-23-6-4-2)45(56)47(58)49(48(59)46(57)44(38)55)65-66(60,61)63-35-37/h9-10,12-13,15-16,21,24,31-32,36-41,44-52,55-59H,3-8,11,14,17-20,22-23,25-30,33-35H2,1-2H3,(H,60,61)/b10-9-,13-12-,16-15-,24-21+,32-31+/t36-,37+,38-,39-,40-,41+,44+,45+,46-,47+,48+,49+/m0/s1.